The zero-order valence-electron chi connectivity index (χ0n) is 15.4. The molecule has 0 aliphatic heterocycles. The molecule has 3 N–H and O–H groups in total. The van der Waals surface area contributed by atoms with Gasteiger partial charge in [-0.2, -0.15) is 0 Å². The molecule has 0 aliphatic carbocycles. The fourth-order valence-electron chi connectivity index (χ4n) is 2.51. The average molecular weight is 318 g/mol. The molecule has 1 aromatic rings. The van der Waals surface area contributed by atoms with Crippen LogP contribution in [0.5, 0.6) is 0 Å². The van der Waals surface area contributed by atoms with Crippen LogP contribution >= 0.6 is 0 Å². The van der Waals surface area contributed by atoms with Crippen molar-refractivity contribution in [2.75, 3.05) is 13.6 Å². The zero-order chi connectivity index (χ0) is 17.6. The van der Waals surface area contributed by atoms with Crippen LogP contribution in [-0.4, -0.2) is 31.0 Å². The third kappa shape index (κ3) is 6.72. The Hall–Kier alpha value is -2.04. The minimum Gasteiger partial charge on any atom is -0.352 e. The smallest absolute Gasteiger partial charge is 0.239 e. The summed E-state index contributed by atoms with van der Waals surface area (Å²) in [6.07, 6.45) is 0. The molecule has 0 radical (unpaired) electrons. The number of hydrogen-bond donors (Lipinski definition) is 3. The van der Waals surface area contributed by atoms with Crippen LogP contribution in [0.25, 0.3) is 0 Å². The van der Waals surface area contributed by atoms with Crippen LogP contribution in [0.4, 0.5) is 0 Å². The van der Waals surface area contributed by atoms with Crippen LogP contribution in [-0.2, 0) is 11.3 Å². The second kappa shape index (κ2) is 7.99. The summed E-state index contributed by atoms with van der Waals surface area (Å²) in [6, 6.07) is 4.36. The van der Waals surface area contributed by atoms with E-state index in [4.69, 9.17) is 0 Å². The summed E-state index contributed by atoms with van der Waals surface area (Å²) < 4.78 is 0. The molecule has 0 fully saturated rings. The molecule has 0 aromatic heterocycles. The van der Waals surface area contributed by atoms with E-state index < -0.39 is 0 Å². The van der Waals surface area contributed by atoms with E-state index in [-0.39, 0.29) is 18.0 Å². The lowest BCUT2D eigenvalue weighted by molar-refractivity contribution is -0.121. The Morgan fingerprint density at radius 2 is 1.65 bits per heavy atom. The predicted octanol–water partition coefficient (Wildman–Crippen LogP) is 2.19. The van der Waals surface area contributed by atoms with Gasteiger partial charge in [0.15, 0.2) is 5.96 Å². The largest absolute Gasteiger partial charge is 0.352 e. The molecule has 0 unspecified atom stereocenters. The van der Waals surface area contributed by atoms with Crippen LogP contribution < -0.4 is 16.0 Å². The molecule has 23 heavy (non-hydrogen) atoms. The average Bonchev–Trinajstić information content (AvgIpc) is 2.38. The molecule has 5 heteroatoms. The Labute approximate surface area is 140 Å². The van der Waals surface area contributed by atoms with Crippen molar-refractivity contribution >= 4 is 11.9 Å². The number of carbonyl (C=O) groups is 1. The molecule has 0 saturated carbocycles. The highest BCUT2D eigenvalue weighted by Gasteiger charge is 2.13. The maximum Gasteiger partial charge on any atom is 0.239 e. The van der Waals surface area contributed by atoms with Crippen LogP contribution in [0.2, 0.25) is 0 Å². The molecule has 1 rings (SSSR count). The lowest BCUT2D eigenvalue weighted by Crippen LogP contribution is -2.48. The number of carbonyl (C=O) groups excluding carboxylic acids is 1. The number of nitrogens with one attached hydrogen (secondary N) is 3. The lowest BCUT2D eigenvalue weighted by Gasteiger charge is -2.21. The summed E-state index contributed by atoms with van der Waals surface area (Å²) in [4.78, 5) is 16.0. The summed E-state index contributed by atoms with van der Waals surface area (Å²) in [5.74, 6) is 0.566. The van der Waals surface area contributed by atoms with Gasteiger partial charge in [0.05, 0.1) is 6.54 Å². The van der Waals surface area contributed by atoms with E-state index in [1.807, 2.05) is 20.8 Å². The van der Waals surface area contributed by atoms with Crippen molar-refractivity contribution in [3.05, 3.63) is 34.4 Å². The van der Waals surface area contributed by atoms with Gasteiger partial charge in [0.2, 0.25) is 5.91 Å². The Morgan fingerprint density at radius 1 is 1.09 bits per heavy atom. The topological polar surface area (TPSA) is 65.5 Å². The molecule has 0 atom stereocenters. The van der Waals surface area contributed by atoms with E-state index in [0.29, 0.717) is 12.5 Å². The van der Waals surface area contributed by atoms with Gasteiger partial charge >= 0.3 is 0 Å². The number of guanidine groups is 1. The van der Waals surface area contributed by atoms with Crippen molar-refractivity contribution in [3.63, 3.8) is 0 Å². The molecule has 1 amide bonds. The first-order chi connectivity index (χ1) is 10.6. The molecular formula is C18H30N4O. The van der Waals surface area contributed by atoms with E-state index >= 15 is 0 Å². The summed E-state index contributed by atoms with van der Waals surface area (Å²) in [6.45, 7) is 13.1. The summed E-state index contributed by atoms with van der Waals surface area (Å²) in [7, 11) is 1.70. The first kappa shape index (κ1) is 19.0. The first-order valence-corrected chi connectivity index (χ1v) is 7.94. The Balaban J connectivity index is 2.57. The molecule has 1 aromatic carbocycles. The quantitative estimate of drug-likeness (QED) is 0.589. The SMILES string of the molecule is CN=C(NCC(=O)NC(C)(C)C)NCc1c(C)cc(C)cc1C. The Bertz CT molecular complexity index is 562. The van der Waals surface area contributed by atoms with Crippen molar-refractivity contribution in [3.8, 4) is 0 Å². The molecule has 0 saturated heterocycles. The number of amides is 1. The third-order valence-electron chi connectivity index (χ3n) is 3.43. The lowest BCUT2D eigenvalue weighted by atomic mass is 10.00. The van der Waals surface area contributed by atoms with Gasteiger partial charge in [-0.1, -0.05) is 17.7 Å². The number of aliphatic imine (C=N–C) groups is 1. The fraction of sp³-hybridized carbons (Fsp3) is 0.556. The van der Waals surface area contributed by atoms with Gasteiger partial charge < -0.3 is 16.0 Å². The minimum atomic E-state index is -0.230. The highest BCUT2D eigenvalue weighted by Crippen LogP contribution is 2.15. The Morgan fingerprint density at radius 3 is 2.13 bits per heavy atom. The van der Waals surface area contributed by atoms with E-state index in [1.165, 1.54) is 22.3 Å². The minimum absolute atomic E-state index is 0.0526. The summed E-state index contributed by atoms with van der Waals surface area (Å²) in [5, 5.41) is 9.22. The summed E-state index contributed by atoms with van der Waals surface area (Å²) in [5.41, 5.74) is 4.82. The fourth-order valence-corrected chi connectivity index (χ4v) is 2.51. The van der Waals surface area contributed by atoms with Crippen LogP contribution in [0.1, 0.15) is 43.0 Å². The Kier molecular flexibility index (Phi) is 6.61. The molecule has 5 nitrogen and oxygen atoms in total. The van der Waals surface area contributed by atoms with Crippen molar-refractivity contribution in [2.24, 2.45) is 4.99 Å². The van der Waals surface area contributed by atoms with Gasteiger partial charge in [0.1, 0.15) is 0 Å². The number of rotatable bonds is 4. The van der Waals surface area contributed by atoms with Crippen LogP contribution in [0.3, 0.4) is 0 Å². The standard InChI is InChI=1S/C18H30N4O/c1-12-8-13(2)15(14(3)9-12)10-20-17(19-7)21-11-16(23)22-18(4,5)6/h8-9H,10-11H2,1-7H3,(H,22,23)(H2,19,20,21). The van der Waals surface area contributed by atoms with Gasteiger partial charge in [-0.15, -0.1) is 0 Å². The first-order valence-electron chi connectivity index (χ1n) is 7.94. The molecule has 0 bridgehead atoms. The van der Waals surface area contributed by atoms with Gasteiger partial charge in [0, 0.05) is 19.1 Å². The molecule has 128 valence electrons. The molecule has 0 heterocycles. The van der Waals surface area contributed by atoms with E-state index in [2.05, 4.69) is 53.8 Å². The number of hydrogen-bond acceptors (Lipinski definition) is 2. The van der Waals surface area contributed by atoms with E-state index in [9.17, 15) is 4.79 Å². The second-order valence-electron chi connectivity index (χ2n) is 6.95. The van der Waals surface area contributed by atoms with Crippen molar-refractivity contribution in [1.82, 2.24) is 16.0 Å². The normalized spacial score (nSPS) is 12.0. The van der Waals surface area contributed by atoms with Crippen LogP contribution in [0, 0.1) is 20.8 Å². The number of nitrogens with zero attached hydrogens (tertiary/aromatic N) is 1. The van der Waals surface area contributed by atoms with Crippen molar-refractivity contribution < 1.29 is 4.79 Å². The van der Waals surface area contributed by atoms with Gasteiger partial charge in [0.25, 0.3) is 0 Å². The van der Waals surface area contributed by atoms with Crippen LogP contribution in [0.15, 0.2) is 17.1 Å². The van der Waals surface area contributed by atoms with E-state index in [1.54, 1.807) is 7.05 Å². The highest BCUT2D eigenvalue weighted by atomic mass is 16.2. The van der Waals surface area contributed by atoms with Gasteiger partial charge in [-0.3, -0.25) is 9.79 Å². The van der Waals surface area contributed by atoms with Crippen molar-refractivity contribution in [1.29, 1.82) is 0 Å². The maximum absolute atomic E-state index is 11.8. The monoisotopic (exact) mass is 318 g/mol. The number of aryl methyl sites for hydroxylation is 3. The molecular weight excluding hydrogens is 288 g/mol. The van der Waals surface area contributed by atoms with E-state index in [0.717, 1.165) is 0 Å². The molecule has 0 aliphatic rings. The number of benzene rings is 1. The maximum atomic E-state index is 11.8. The summed E-state index contributed by atoms with van der Waals surface area (Å²) >= 11 is 0. The predicted molar refractivity (Wildman–Crippen MR) is 96.8 cm³/mol. The van der Waals surface area contributed by atoms with Crippen molar-refractivity contribution in [2.45, 2.75) is 53.6 Å². The zero-order valence-corrected chi connectivity index (χ0v) is 15.4. The third-order valence-corrected chi connectivity index (χ3v) is 3.43. The molecule has 0 spiro atoms. The van der Waals surface area contributed by atoms with Gasteiger partial charge in [-0.05, 0) is 58.2 Å². The highest BCUT2D eigenvalue weighted by molar-refractivity contribution is 5.86. The second-order valence-corrected chi connectivity index (χ2v) is 6.95. The van der Waals surface area contributed by atoms with Gasteiger partial charge in [-0.25, -0.2) is 0 Å².